The Balaban J connectivity index is 1.54. The van der Waals surface area contributed by atoms with Gasteiger partial charge in [0.05, 0.1) is 6.04 Å². The van der Waals surface area contributed by atoms with Crippen LogP contribution in [0.3, 0.4) is 0 Å². The van der Waals surface area contributed by atoms with Gasteiger partial charge >= 0.3 is 0 Å². The van der Waals surface area contributed by atoms with Gasteiger partial charge in [0.2, 0.25) is 5.91 Å². The van der Waals surface area contributed by atoms with Gasteiger partial charge in [0.1, 0.15) is 0 Å². The van der Waals surface area contributed by atoms with Crippen molar-refractivity contribution in [3.05, 3.63) is 29.8 Å². The third-order valence-corrected chi connectivity index (χ3v) is 5.27. The lowest BCUT2D eigenvalue weighted by atomic mass is 9.92. The first-order valence-corrected chi connectivity index (χ1v) is 9.26. The number of carbonyl (C=O) groups excluding carboxylic acids is 1. The molecule has 1 aromatic carbocycles. The first-order chi connectivity index (χ1) is 12.1. The van der Waals surface area contributed by atoms with Crippen LogP contribution in [0, 0.1) is 5.92 Å². The van der Waals surface area contributed by atoms with Gasteiger partial charge in [-0.1, -0.05) is 12.1 Å². The molecule has 0 radical (unpaired) electrons. The van der Waals surface area contributed by atoms with E-state index >= 15 is 0 Å². The number of nitrogens with two attached hydrogens (primary N) is 1. The van der Waals surface area contributed by atoms with Gasteiger partial charge in [-0.25, -0.2) is 0 Å². The van der Waals surface area contributed by atoms with E-state index in [1.54, 1.807) is 0 Å². The van der Waals surface area contributed by atoms with Crippen molar-refractivity contribution in [3.63, 3.8) is 0 Å². The number of amides is 1. The molecule has 1 unspecified atom stereocenters. The maximum Gasteiger partial charge on any atom is 0.241 e. The van der Waals surface area contributed by atoms with Crippen LogP contribution < -0.4 is 11.1 Å². The average Bonchev–Trinajstić information content (AvgIpc) is 2.64. The van der Waals surface area contributed by atoms with E-state index in [1.807, 2.05) is 12.1 Å². The molecule has 0 spiro atoms. The van der Waals surface area contributed by atoms with E-state index in [9.17, 15) is 4.79 Å². The summed E-state index contributed by atoms with van der Waals surface area (Å²) in [6, 6.07) is 7.65. The molecule has 2 heterocycles. The van der Waals surface area contributed by atoms with Crippen LogP contribution in [0.5, 0.6) is 0 Å². The molecule has 0 saturated carbocycles. The molecule has 1 atom stereocenters. The van der Waals surface area contributed by atoms with E-state index in [0.29, 0.717) is 13.2 Å². The lowest BCUT2D eigenvalue weighted by molar-refractivity contribution is -0.119. The Morgan fingerprint density at radius 1 is 1.28 bits per heavy atom. The summed E-state index contributed by atoms with van der Waals surface area (Å²) < 4.78 is 5.35. The zero-order valence-electron chi connectivity index (χ0n) is 15.1. The Morgan fingerprint density at radius 2 is 2.00 bits per heavy atom. The van der Waals surface area contributed by atoms with Gasteiger partial charge in [-0.3, -0.25) is 9.69 Å². The molecule has 25 heavy (non-hydrogen) atoms. The lowest BCUT2D eigenvalue weighted by Gasteiger charge is -2.32. The van der Waals surface area contributed by atoms with Gasteiger partial charge in [0.25, 0.3) is 0 Å². The largest absolute Gasteiger partial charge is 0.381 e. The third kappa shape index (κ3) is 5.25. The predicted octanol–water partition coefficient (Wildman–Crippen LogP) is 1.13. The van der Waals surface area contributed by atoms with Gasteiger partial charge in [-0.15, -0.1) is 0 Å². The summed E-state index contributed by atoms with van der Waals surface area (Å²) in [5, 5.41) is 2.99. The summed E-state index contributed by atoms with van der Waals surface area (Å²) in [6.07, 6.45) is 1.72. The molecule has 1 amide bonds. The smallest absolute Gasteiger partial charge is 0.241 e. The minimum Gasteiger partial charge on any atom is -0.381 e. The maximum atomic E-state index is 12.5. The van der Waals surface area contributed by atoms with Crippen LogP contribution in [-0.2, 0) is 16.1 Å². The molecular weight excluding hydrogens is 316 g/mol. The van der Waals surface area contributed by atoms with Crippen molar-refractivity contribution >= 4 is 11.6 Å². The van der Waals surface area contributed by atoms with Crippen molar-refractivity contribution in [2.45, 2.75) is 25.4 Å². The molecule has 2 aliphatic heterocycles. The third-order valence-electron chi connectivity index (χ3n) is 5.27. The van der Waals surface area contributed by atoms with Gasteiger partial charge in [-0.05, 0) is 43.5 Å². The molecule has 138 valence electrons. The first kappa shape index (κ1) is 18.3. The van der Waals surface area contributed by atoms with E-state index in [-0.39, 0.29) is 11.8 Å². The standard InChI is InChI=1S/C19H30N4O2/c1-22-7-9-23(10-8-22)14-15-3-2-4-17(13-15)21-19(24)18(20)16-5-11-25-12-6-16/h2-4,13,16,18H,5-12,14,20H2,1H3,(H,21,24). The number of carbonyl (C=O) groups is 1. The number of anilines is 1. The fourth-order valence-corrected chi connectivity index (χ4v) is 3.53. The average molecular weight is 346 g/mol. The number of nitrogens with zero attached hydrogens (tertiary/aromatic N) is 2. The first-order valence-electron chi connectivity index (χ1n) is 9.26. The number of hydrogen-bond acceptors (Lipinski definition) is 5. The summed E-state index contributed by atoms with van der Waals surface area (Å²) >= 11 is 0. The fraction of sp³-hybridized carbons (Fsp3) is 0.632. The normalized spacial score (nSPS) is 21.8. The van der Waals surface area contributed by atoms with Gasteiger partial charge < -0.3 is 20.7 Å². The van der Waals surface area contributed by atoms with Crippen LogP contribution >= 0.6 is 0 Å². The highest BCUT2D eigenvalue weighted by Gasteiger charge is 2.26. The number of nitrogens with one attached hydrogen (secondary N) is 1. The second-order valence-corrected chi connectivity index (χ2v) is 7.24. The minimum atomic E-state index is -0.467. The van der Waals surface area contributed by atoms with Gasteiger partial charge in [-0.2, -0.15) is 0 Å². The highest BCUT2D eigenvalue weighted by molar-refractivity contribution is 5.94. The Hall–Kier alpha value is -1.47. The number of ether oxygens (including phenoxy) is 1. The minimum absolute atomic E-state index is 0.0938. The number of likely N-dealkylation sites (N-methyl/N-ethyl adjacent to an activating group) is 1. The van der Waals surface area contributed by atoms with Crippen molar-refractivity contribution in [1.82, 2.24) is 9.80 Å². The van der Waals surface area contributed by atoms with Crippen molar-refractivity contribution in [2.75, 3.05) is 51.8 Å². The van der Waals surface area contributed by atoms with Crippen LogP contribution in [0.25, 0.3) is 0 Å². The van der Waals surface area contributed by atoms with E-state index in [2.05, 4.69) is 34.3 Å². The molecule has 0 aliphatic carbocycles. The number of benzene rings is 1. The van der Waals surface area contributed by atoms with Crippen LogP contribution in [0.15, 0.2) is 24.3 Å². The Labute approximate surface area is 150 Å². The molecular formula is C19H30N4O2. The Kier molecular flexibility index (Phi) is 6.42. The molecule has 0 bridgehead atoms. The summed E-state index contributed by atoms with van der Waals surface area (Å²) in [4.78, 5) is 17.3. The summed E-state index contributed by atoms with van der Waals surface area (Å²) in [5.41, 5.74) is 8.22. The van der Waals surface area contributed by atoms with E-state index in [4.69, 9.17) is 10.5 Å². The number of piperazine rings is 1. The summed E-state index contributed by atoms with van der Waals surface area (Å²) in [7, 11) is 2.16. The van der Waals surface area contributed by atoms with Crippen LogP contribution in [0.1, 0.15) is 18.4 Å². The molecule has 6 nitrogen and oxygen atoms in total. The van der Waals surface area contributed by atoms with Gasteiger partial charge in [0.15, 0.2) is 0 Å². The monoisotopic (exact) mass is 346 g/mol. The van der Waals surface area contributed by atoms with Crippen LogP contribution in [0.4, 0.5) is 5.69 Å². The van der Waals surface area contributed by atoms with Gasteiger partial charge in [0, 0.05) is 51.6 Å². The molecule has 3 N–H and O–H groups in total. The van der Waals surface area contributed by atoms with Crippen molar-refractivity contribution in [3.8, 4) is 0 Å². The highest BCUT2D eigenvalue weighted by atomic mass is 16.5. The molecule has 6 heteroatoms. The predicted molar refractivity (Wildman–Crippen MR) is 99.4 cm³/mol. The number of rotatable bonds is 5. The zero-order valence-corrected chi connectivity index (χ0v) is 15.1. The Morgan fingerprint density at radius 3 is 2.72 bits per heavy atom. The van der Waals surface area contributed by atoms with E-state index < -0.39 is 6.04 Å². The lowest BCUT2D eigenvalue weighted by Crippen LogP contribution is -2.44. The van der Waals surface area contributed by atoms with Crippen LogP contribution in [-0.4, -0.2) is 68.2 Å². The highest BCUT2D eigenvalue weighted by Crippen LogP contribution is 2.19. The summed E-state index contributed by atoms with van der Waals surface area (Å²) in [5.74, 6) is 0.117. The van der Waals surface area contributed by atoms with E-state index in [0.717, 1.165) is 51.3 Å². The van der Waals surface area contributed by atoms with Crippen LogP contribution in [0.2, 0.25) is 0 Å². The quantitative estimate of drug-likeness (QED) is 0.836. The molecule has 1 aromatic rings. The molecule has 0 aromatic heterocycles. The van der Waals surface area contributed by atoms with Crippen molar-refractivity contribution in [2.24, 2.45) is 11.7 Å². The topological polar surface area (TPSA) is 70.8 Å². The maximum absolute atomic E-state index is 12.5. The summed E-state index contributed by atoms with van der Waals surface area (Å²) in [6.45, 7) is 6.71. The fourth-order valence-electron chi connectivity index (χ4n) is 3.53. The SMILES string of the molecule is CN1CCN(Cc2cccc(NC(=O)C(N)C3CCOCC3)c2)CC1. The second kappa shape index (κ2) is 8.76. The number of hydrogen-bond donors (Lipinski definition) is 2. The molecule has 2 saturated heterocycles. The van der Waals surface area contributed by atoms with Crippen molar-refractivity contribution in [1.29, 1.82) is 0 Å². The Bertz CT molecular complexity index is 566. The second-order valence-electron chi connectivity index (χ2n) is 7.24. The van der Waals surface area contributed by atoms with E-state index in [1.165, 1.54) is 5.56 Å². The zero-order chi connectivity index (χ0) is 17.6. The molecule has 3 rings (SSSR count). The molecule has 2 fully saturated rings. The molecule has 2 aliphatic rings. The van der Waals surface area contributed by atoms with Crippen molar-refractivity contribution < 1.29 is 9.53 Å².